The lowest BCUT2D eigenvalue weighted by Gasteiger charge is -2.25. The van der Waals surface area contributed by atoms with Gasteiger partial charge in [0.2, 0.25) is 11.8 Å². The molecule has 8 nitrogen and oxygen atoms in total. The molecule has 3 aliphatic rings. The number of hydrogen-bond donors (Lipinski definition) is 2. The number of carbonyl (C=O) groups excluding carboxylic acids is 4. The van der Waals surface area contributed by atoms with Gasteiger partial charge in [0.05, 0.1) is 0 Å². The average molecular weight is 823 g/mol. The number of anilines is 2. The standard InChI is InChI=1S/C54H54N4O4/c59-51(49-21-11-37-57(49)53(61)47-19-9-7-17-43(47)31-25-39-13-3-1-4-14-39)55-45-33-27-41(28-34-45)23-24-42-29-35-46(36-30-42)56-52(60)50-22-12-38-58(50)54(62)48-20-10-8-18-44(48)32-26-40-15-5-2-6-16-40/h1-10,13-15,17-20,23-24,27-30,33-36,40,49-50H,11-12,16,21-22,25-26,31-32,37-38H2,(H,55,59)(H,56,60)/b24-23+/t40?,49-,50-/m0/s1. The summed E-state index contributed by atoms with van der Waals surface area (Å²) in [6.45, 7) is 1.11. The second-order valence-corrected chi connectivity index (χ2v) is 16.5. The van der Waals surface area contributed by atoms with Crippen LogP contribution in [0.15, 0.2) is 152 Å². The Bertz CT molecular complexity index is 2450. The van der Waals surface area contributed by atoms with E-state index in [1.54, 1.807) is 9.80 Å². The first-order chi connectivity index (χ1) is 30.4. The van der Waals surface area contributed by atoms with Crippen molar-refractivity contribution in [1.82, 2.24) is 9.80 Å². The van der Waals surface area contributed by atoms with Gasteiger partial charge in [0.1, 0.15) is 12.1 Å². The summed E-state index contributed by atoms with van der Waals surface area (Å²) in [6.07, 6.45) is 19.8. The van der Waals surface area contributed by atoms with Crippen LogP contribution in [-0.2, 0) is 28.9 Å². The molecule has 0 bridgehead atoms. The summed E-state index contributed by atoms with van der Waals surface area (Å²) in [5, 5.41) is 6.09. The van der Waals surface area contributed by atoms with E-state index in [4.69, 9.17) is 0 Å². The Balaban J connectivity index is 0.825. The summed E-state index contributed by atoms with van der Waals surface area (Å²) in [7, 11) is 0. The van der Waals surface area contributed by atoms with Gasteiger partial charge in [0, 0.05) is 35.6 Å². The van der Waals surface area contributed by atoms with Gasteiger partial charge in [-0.05, 0) is 128 Å². The molecule has 2 saturated heterocycles. The van der Waals surface area contributed by atoms with Crippen LogP contribution in [-0.4, -0.2) is 58.6 Å². The number of aryl methyl sites for hydroxylation is 3. The van der Waals surface area contributed by atoms with Crippen molar-refractivity contribution in [2.24, 2.45) is 5.92 Å². The molecule has 0 radical (unpaired) electrons. The van der Waals surface area contributed by atoms with E-state index < -0.39 is 12.1 Å². The monoisotopic (exact) mass is 822 g/mol. The fourth-order valence-electron chi connectivity index (χ4n) is 8.88. The smallest absolute Gasteiger partial charge is 0.254 e. The molecule has 8 heteroatoms. The highest BCUT2D eigenvalue weighted by Gasteiger charge is 2.36. The van der Waals surface area contributed by atoms with Gasteiger partial charge in [-0.3, -0.25) is 19.2 Å². The molecular weight excluding hydrogens is 769 g/mol. The Hall–Kier alpha value is -6.80. The molecule has 1 unspecified atom stereocenters. The van der Waals surface area contributed by atoms with Crippen LogP contribution in [0.3, 0.4) is 0 Å². The molecule has 0 saturated carbocycles. The average Bonchev–Trinajstić information content (AvgIpc) is 4.03. The Morgan fingerprint density at radius 3 is 1.56 bits per heavy atom. The molecule has 2 N–H and O–H groups in total. The van der Waals surface area contributed by atoms with E-state index >= 15 is 0 Å². The number of nitrogens with zero attached hydrogens (tertiary/aromatic N) is 2. The minimum absolute atomic E-state index is 0.0760. The van der Waals surface area contributed by atoms with Crippen LogP contribution in [0.2, 0.25) is 0 Å². The largest absolute Gasteiger partial charge is 0.327 e. The summed E-state index contributed by atoms with van der Waals surface area (Å²) in [5.74, 6) is -0.0447. The molecule has 8 rings (SSSR count). The SMILES string of the molecule is O=C(Nc1ccc(/C=C/c2ccc(NC(=O)[C@@H]3CCCN3C(=O)c3ccccc3CCC3C=CC=CC3)cc2)cc1)[C@@H]1CCCN1C(=O)c1ccccc1CCc1ccccc1. The molecule has 314 valence electrons. The van der Waals surface area contributed by atoms with Crippen molar-refractivity contribution in [3.8, 4) is 0 Å². The zero-order valence-corrected chi connectivity index (χ0v) is 35.1. The number of rotatable bonds is 14. The first kappa shape index (κ1) is 41.9. The van der Waals surface area contributed by atoms with E-state index in [1.165, 1.54) is 5.56 Å². The molecule has 0 spiro atoms. The number of carbonyl (C=O) groups is 4. The van der Waals surface area contributed by atoms with Gasteiger partial charge in [0.15, 0.2) is 0 Å². The van der Waals surface area contributed by atoms with Crippen LogP contribution in [0.1, 0.15) is 87.1 Å². The van der Waals surface area contributed by atoms with E-state index in [0.29, 0.717) is 54.4 Å². The molecule has 3 atom stereocenters. The number of hydrogen-bond acceptors (Lipinski definition) is 4. The van der Waals surface area contributed by atoms with Crippen LogP contribution in [0.4, 0.5) is 11.4 Å². The summed E-state index contributed by atoms with van der Waals surface area (Å²) in [4.78, 5) is 58.3. The van der Waals surface area contributed by atoms with E-state index in [1.807, 2.05) is 127 Å². The minimum atomic E-state index is -0.531. The molecular formula is C54H54N4O4. The van der Waals surface area contributed by atoms with Gasteiger partial charge in [-0.1, -0.05) is 127 Å². The zero-order chi connectivity index (χ0) is 42.7. The lowest BCUT2D eigenvalue weighted by Crippen LogP contribution is -2.43. The third kappa shape index (κ3) is 10.4. The summed E-state index contributed by atoms with van der Waals surface area (Å²) in [5.41, 5.74) is 7.87. The van der Waals surface area contributed by atoms with E-state index in [-0.39, 0.29) is 23.6 Å². The fourth-order valence-corrected chi connectivity index (χ4v) is 8.88. The third-order valence-electron chi connectivity index (χ3n) is 12.3. The Morgan fingerprint density at radius 1 is 0.548 bits per heavy atom. The van der Waals surface area contributed by atoms with Gasteiger partial charge in [-0.15, -0.1) is 0 Å². The Labute approximate surface area is 365 Å². The minimum Gasteiger partial charge on any atom is -0.327 e. The van der Waals surface area contributed by atoms with Crippen LogP contribution in [0.5, 0.6) is 0 Å². The van der Waals surface area contributed by atoms with Crippen molar-refractivity contribution in [2.75, 3.05) is 23.7 Å². The van der Waals surface area contributed by atoms with E-state index in [0.717, 1.165) is 67.2 Å². The van der Waals surface area contributed by atoms with Crippen LogP contribution in [0.25, 0.3) is 12.2 Å². The summed E-state index contributed by atoms with van der Waals surface area (Å²) < 4.78 is 0. The molecule has 4 amide bonds. The number of allylic oxidation sites excluding steroid dienone is 4. The Morgan fingerprint density at radius 2 is 1.05 bits per heavy atom. The van der Waals surface area contributed by atoms with Crippen molar-refractivity contribution < 1.29 is 19.2 Å². The van der Waals surface area contributed by atoms with Gasteiger partial charge in [0.25, 0.3) is 11.8 Å². The zero-order valence-electron chi connectivity index (χ0n) is 35.1. The molecule has 5 aromatic carbocycles. The number of nitrogens with one attached hydrogen (secondary N) is 2. The van der Waals surface area contributed by atoms with Gasteiger partial charge < -0.3 is 20.4 Å². The quantitative estimate of drug-likeness (QED) is 0.109. The molecule has 2 heterocycles. The molecule has 62 heavy (non-hydrogen) atoms. The fraction of sp³-hybridized carbons (Fsp3) is 0.259. The maximum atomic E-state index is 13.9. The molecule has 2 fully saturated rings. The third-order valence-corrected chi connectivity index (χ3v) is 12.3. The molecule has 2 aliphatic heterocycles. The van der Waals surface area contributed by atoms with Gasteiger partial charge in [-0.25, -0.2) is 0 Å². The summed E-state index contributed by atoms with van der Waals surface area (Å²) in [6, 6.07) is 40.1. The normalized spacial score (nSPS) is 18.3. The highest BCUT2D eigenvalue weighted by molar-refractivity contribution is 6.03. The Kier molecular flexibility index (Phi) is 13.6. The molecule has 0 aromatic heterocycles. The highest BCUT2D eigenvalue weighted by atomic mass is 16.2. The second kappa shape index (κ2) is 20.2. The number of benzene rings is 5. The van der Waals surface area contributed by atoms with Crippen molar-refractivity contribution in [2.45, 2.75) is 69.9 Å². The number of likely N-dealkylation sites (tertiary alicyclic amines) is 2. The van der Waals surface area contributed by atoms with Gasteiger partial charge in [-0.2, -0.15) is 0 Å². The van der Waals surface area contributed by atoms with Crippen LogP contribution >= 0.6 is 0 Å². The lowest BCUT2D eigenvalue weighted by atomic mass is 9.92. The summed E-state index contributed by atoms with van der Waals surface area (Å²) >= 11 is 0. The van der Waals surface area contributed by atoms with Crippen LogP contribution in [0, 0.1) is 5.92 Å². The van der Waals surface area contributed by atoms with Crippen LogP contribution < -0.4 is 10.6 Å². The predicted octanol–water partition coefficient (Wildman–Crippen LogP) is 10.2. The first-order valence-corrected chi connectivity index (χ1v) is 22.0. The second-order valence-electron chi connectivity index (χ2n) is 16.5. The topological polar surface area (TPSA) is 98.8 Å². The molecule has 5 aromatic rings. The maximum Gasteiger partial charge on any atom is 0.254 e. The maximum absolute atomic E-state index is 13.9. The van der Waals surface area contributed by atoms with E-state index in [2.05, 4.69) is 47.1 Å². The van der Waals surface area contributed by atoms with Gasteiger partial charge >= 0.3 is 0 Å². The first-order valence-electron chi connectivity index (χ1n) is 22.0. The highest BCUT2D eigenvalue weighted by Crippen LogP contribution is 2.27. The van der Waals surface area contributed by atoms with Crippen molar-refractivity contribution in [3.05, 3.63) is 191 Å². The van der Waals surface area contributed by atoms with E-state index in [9.17, 15) is 19.2 Å². The van der Waals surface area contributed by atoms with Crippen molar-refractivity contribution in [3.63, 3.8) is 0 Å². The van der Waals surface area contributed by atoms with Crippen molar-refractivity contribution in [1.29, 1.82) is 0 Å². The van der Waals surface area contributed by atoms with Crippen molar-refractivity contribution >= 4 is 47.2 Å². The lowest BCUT2D eigenvalue weighted by molar-refractivity contribution is -0.120. The predicted molar refractivity (Wildman–Crippen MR) is 249 cm³/mol. The number of amides is 4. The molecule has 1 aliphatic carbocycles.